The molecule has 0 aromatic heterocycles. The van der Waals surface area contributed by atoms with Gasteiger partial charge in [-0.25, -0.2) is 0 Å². The number of benzene rings is 1. The van der Waals surface area contributed by atoms with Crippen molar-refractivity contribution in [2.24, 2.45) is 5.92 Å². The number of nitrogens with zero attached hydrogens (tertiary/aromatic N) is 1. The Bertz CT molecular complexity index is 516. The maximum Gasteiger partial charge on any atom is 0.416 e. The van der Waals surface area contributed by atoms with E-state index in [-0.39, 0.29) is 11.6 Å². The number of likely N-dealkylation sites (tertiary alicyclic amines) is 1. The van der Waals surface area contributed by atoms with Crippen molar-refractivity contribution in [3.05, 3.63) is 29.8 Å². The van der Waals surface area contributed by atoms with Crippen LogP contribution in [0, 0.1) is 5.92 Å². The Morgan fingerprint density at radius 2 is 2.18 bits per heavy atom. The van der Waals surface area contributed by atoms with E-state index in [1.54, 1.807) is 0 Å². The minimum absolute atomic E-state index is 0.187. The molecule has 3 nitrogen and oxygen atoms in total. The molecule has 1 unspecified atom stereocenters. The summed E-state index contributed by atoms with van der Waals surface area (Å²) in [5.41, 5.74) is -0.568. The molecule has 1 aliphatic heterocycles. The lowest BCUT2D eigenvalue weighted by Gasteiger charge is -2.30. The summed E-state index contributed by atoms with van der Waals surface area (Å²) in [5.74, 6) is 0.387. The highest BCUT2D eigenvalue weighted by molar-refractivity contribution is 5.90. The summed E-state index contributed by atoms with van der Waals surface area (Å²) in [7, 11) is 0. The van der Waals surface area contributed by atoms with Crippen molar-refractivity contribution in [3.63, 3.8) is 0 Å². The summed E-state index contributed by atoms with van der Waals surface area (Å²) in [6.07, 6.45) is -1.75. The molecule has 1 fully saturated rings. The van der Waals surface area contributed by atoms with Crippen LogP contribution in [-0.2, 0) is 11.0 Å². The van der Waals surface area contributed by atoms with E-state index >= 15 is 0 Å². The molecule has 0 saturated carbocycles. The van der Waals surface area contributed by atoms with E-state index < -0.39 is 11.7 Å². The van der Waals surface area contributed by atoms with Crippen molar-refractivity contribution >= 4 is 11.6 Å². The molecule has 22 heavy (non-hydrogen) atoms. The van der Waals surface area contributed by atoms with Crippen LogP contribution in [0.5, 0.6) is 0 Å². The molecule has 1 aromatic carbocycles. The SMILES string of the molecule is CC1CCCN(CCC(=O)Nc2cccc(C(F)(F)F)c2)C1. The molecule has 1 saturated heterocycles. The zero-order chi connectivity index (χ0) is 16.2. The first-order valence-corrected chi connectivity index (χ1v) is 7.54. The van der Waals surface area contributed by atoms with Gasteiger partial charge in [-0.15, -0.1) is 0 Å². The van der Waals surface area contributed by atoms with E-state index in [9.17, 15) is 18.0 Å². The van der Waals surface area contributed by atoms with Crippen molar-refractivity contribution in [2.45, 2.75) is 32.4 Å². The van der Waals surface area contributed by atoms with Crippen LogP contribution in [-0.4, -0.2) is 30.4 Å². The summed E-state index contributed by atoms with van der Waals surface area (Å²) < 4.78 is 37.8. The van der Waals surface area contributed by atoms with Crippen LogP contribution >= 0.6 is 0 Å². The molecule has 1 aliphatic rings. The van der Waals surface area contributed by atoms with Gasteiger partial charge in [-0.05, 0) is 43.5 Å². The smallest absolute Gasteiger partial charge is 0.326 e. The second kappa shape index (κ2) is 7.13. The molecule has 1 aromatic rings. The molecule has 6 heteroatoms. The van der Waals surface area contributed by atoms with Crippen molar-refractivity contribution in [1.82, 2.24) is 4.90 Å². The van der Waals surface area contributed by atoms with Gasteiger partial charge in [0.2, 0.25) is 5.91 Å². The number of carbonyl (C=O) groups is 1. The van der Waals surface area contributed by atoms with Crippen LogP contribution in [0.25, 0.3) is 0 Å². The van der Waals surface area contributed by atoms with Crippen LogP contribution in [0.3, 0.4) is 0 Å². The minimum atomic E-state index is -4.40. The monoisotopic (exact) mass is 314 g/mol. The minimum Gasteiger partial charge on any atom is -0.326 e. The Labute approximate surface area is 128 Å². The zero-order valence-corrected chi connectivity index (χ0v) is 12.6. The average molecular weight is 314 g/mol. The molecule has 0 radical (unpaired) electrons. The number of anilines is 1. The highest BCUT2D eigenvalue weighted by Crippen LogP contribution is 2.30. The topological polar surface area (TPSA) is 32.3 Å². The first-order valence-electron chi connectivity index (χ1n) is 7.54. The molecule has 2 rings (SSSR count). The van der Waals surface area contributed by atoms with Crippen LogP contribution in [0.15, 0.2) is 24.3 Å². The Kier molecular flexibility index (Phi) is 5.45. The summed E-state index contributed by atoms with van der Waals surface area (Å²) in [5, 5.41) is 2.54. The lowest BCUT2D eigenvalue weighted by atomic mass is 10.0. The highest BCUT2D eigenvalue weighted by atomic mass is 19.4. The van der Waals surface area contributed by atoms with E-state index in [4.69, 9.17) is 0 Å². The lowest BCUT2D eigenvalue weighted by molar-refractivity contribution is -0.137. The molecule has 0 aliphatic carbocycles. The van der Waals surface area contributed by atoms with Gasteiger partial charge in [-0.2, -0.15) is 13.2 Å². The third kappa shape index (κ3) is 5.02. The van der Waals surface area contributed by atoms with Crippen molar-refractivity contribution < 1.29 is 18.0 Å². The summed E-state index contributed by atoms with van der Waals surface area (Å²) >= 11 is 0. The van der Waals surface area contributed by atoms with Gasteiger partial charge in [-0.3, -0.25) is 4.79 Å². The number of carbonyl (C=O) groups excluding carboxylic acids is 1. The molecule has 1 atom stereocenters. The second-order valence-corrected chi connectivity index (χ2v) is 5.92. The lowest BCUT2D eigenvalue weighted by Crippen LogP contribution is -2.36. The van der Waals surface area contributed by atoms with Crippen LogP contribution < -0.4 is 5.32 Å². The number of amides is 1. The maximum absolute atomic E-state index is 12.6. The van der Waals surface area contributed by atoms with Gasteiger partial charge in [0, 0.05) is 25.2 Å². The Balaban J connectivity index is 1.84. The maximum atomic E-state index is 12.6. The van der Waals surface area contributed by atoms with Gasteiger partial charge in [0.15, 0.2) is 0 Å². The predicted molar refractivity (Wildman–Crippen MR) is 79.5 cm³/mol. The third-order valence-corrected chi connectivity index (χ3v) is 3.87. The van der Waals surface area contributed by atoms with E-state index in [1.165, 1.54) is 18.6 Å². The van der Waals surface area contributed by atoms with E-state index in [0.29, 0.717) is 18.9 Å². The molecule has 0 spiro atoms. The molecule has 0 bridgehead atoms. The van der Waals surface area contributed by atoms with Gasteiger partial charge >= 0.3 is 6.18 Å². The normalized spacial score (nSPS) is 19.9. The van der Waals surface area contributed by atoms with E-state index in [0.717, 1.165) is 31.6 Å². The van der Waals surface area contributed by atoms with Crippen molar-refractivity contribution in [3.8, 4) is 0 Å². The third-order valence-electron chi connectivity index (χ3n) is 3.87. The van der Waals surface area contributed by atoms with Gasteiger partial charge in [-0.1, -0.05) is 13.0 Å². The summed E-state index contributed by atoms with van der Waals surface area (Å²) in [6, 6.07) is 4.71. The number of halogens is 3. The fourth-order valence-electron chi connectivity index (χ4n) is 2.75. The number of hydrogen-bond donors (Lipinski definition) is 1. The highest BCUT2D eigenvalue weighted by Gasteiger charge is 2.30. The standard InChI is InChI=1S/C16H21F3N2O/c1-12-4-3-8-21(11-12)9-7-15(22)20-14-6-2-5-13(10-14)16(17,18)19/h2,5-6,10,12H,3-4,7-9,11H2,1H3,(H,20,22). The fourth-order valence-corrected chi connectivity index (χ4v) is 2.75. The number of alkyl halides is 3. The fraction of sp³-hybridized carbons (Fsp3) is 0.562. The molecule has 1 heterocycles. The van der Waals surface area contributed by atoms with Crippen LogP contribution in [0.4, 0.5) is 18.9 Å². The Morgan fingerprint density at radius 1 is 1.41 bits per heavy atom. The zero-order valence-electron chi connectivity index (χ0n) is 12.6. The number of nitrogens with one attached hydrogen (secondary N) is 1. The average Bonchev–Trinajstić information content (AvgIpc) is 2.45. The van der Waals surface area contributed by atoms with E-state index in [2.05, 4.69) is 17.1 Å². The van der Waals surface area contributed by atoms with E-state index in [1.807, 2.05) is 0 Å². The summed E-state index contributed by atoms with van der Waals surface area (Å²) in [4.78, 5) is 14.1. The van der Waals surface area contributed by atoms with Gasteiger partial charge in [0.1, 0.15) is 0 Å². The van der Waals surface area contributed by atoms with Crippen molar-refractivity contribution in [1.29, 1.82) is 0 Å². The van der Waals surface area contributed by atoms with Crippen LogP contribution in [0.2, 0.25) is 0 Å². The molecule has 1 amide bonds. The van der Waals surface area contributed by atoms with Gasteiger partial charge < -0.3 is 10.2 Å². The van der Waals surface area contributed by atoms with Gasteiger partial charge in [0.05, 0.1) is 5.56 Å². The number of hydrogen-bond acceptors (Lipinski definition) is 2. The van der Waals surface area contributed by atoms with Crippen molar-refractivity contribution in [2.75, 3.05) is 25.0 Å². The second-order valence-electron chi connectivity index (χ2n) is 5.92. The largest absolute Gasteiger partial charge is 0.416 e. The Morgan fingerprint density at radius 3 is 2.86 bits per heavy atom. The number of piperidine rings is 1. The van der Waals surface area contributed by atoms with Crippen LogP contribution in [0.1, 0.15) is 31.7 Å². The first kappa shape index (κ1) is 16.8. The molecule has 1 N–H and O–H groups in total. The Hall–Kier alpha value is -1.56. The first-order chi connectivity index (χ1) is 10.3. The van der Waals surface area contributed by atoms with Gasteiger partial charge in [0.25, 0.3) is 0 Å². The molecular formula is C16H21F3N2O. The molecule has 122 valence electrons. The predicted octanol–water partition coefficient (Wildman–Crippen LogP) is 3.77. The molecular weight excluding hydrogens is 293 g/mol. The number of rotatable bonds is 4. The quantitative estimate of drug-likeness (QED) is 0.917. The summed E-state index contributed by atoms with van der Waals surface area (Å²) in [6.45, 7) is 4.81.